The van der Waals surface area contributed by atoms with Crippen LogP contribution in [-0.2, 0) is 27.1 Å². The third kappa shape index (κ3) is 6.42. The number of hydrogen-bond acceptors (Lipinski definition) is 0. The Bertz CT molecular complexity index is 1030. The Hall–Kier alpha value is -1.56. The highest BCUT2D eigenvalue weighted by Gasteiger charge is 2.36. The highest BCUT2D eigenvalue weighted by atomic mass is 14.4. The van der Waals surface area contributed by atoms with E-state index in [1.54, 1.807) is 11.1 Å². The first-order valence-electron chi connectivity index (χ1n) is 13.8. The zero-order valence-corrected chi connectivity index (χ0v) is 26.2. The van der Waals surface area contributed by atoms with E-state index in [0.717, 1.165) is 6.42 Å². The lowest BCUT2D eigenvalue weighted by Crippen LogP contribution is -2.29. The zero-order chi connectivity index (χ0) is 27.4. The molecule has 0 bridgehead atoms. The van der Waals surface area contributed by atoms with E-state index in [1.165, 1.54) is 27.8 Å². The van der Waals surface area contributed by atoms with Gasteiger partial charge in [0.15, 0.2) is 0 Å². The summed E-state index contributed by atoms with van der Waals surface area (Å²) >= 11 is 0. The Balaban J connectivity index is 3.11. The topological polar surface area (TPSA) is 0 Å². The smallest absolute Gasteiger partial charge is 0.00956 e. The molecule has 0 aliphatic carbocycles. The molecule has 0 fully saturated rings. The Morgan fingerprint density at radius 2 is 0.971 bits per heavy atom. The summed E-state index contributed by atoms with van der Waals surface area (Å²) in [6.07, 6.45) is 1.09. The molecule has 0 radical (unpaired) electrons. The molecule has 1 unspecified atom stereocenters. The van der Waals surface area contributed by atoms with Crippen molar-refractivity contribution >= 4 is 0 Å². The molecule has 0 saturated carbocycles. The van der Waals surface area contributed by atoms with E-state index >= 15 is 0 Å². The van der Waals surface area contributed by atoms with Gasteiger partial charge in [0, 0.05) is 5.92 Å². The summed E-state index contributed by atoms with van der Waals surface area (Å²) < 4.78 is 0. The summed E-state index contributed by atoms with van der Waals surface area (Å²) in [6, 6.07) is 12.3. The number of hydrogen-bond donors (Lipinski definition) is 0. The van der Waals surface area contributed by atoms with Gasteiger partial charge in [0.25, 0.3) is 0 Å². The molecule has 0 amide bonds. The van der Waals surface area contributed by atoms with Gasteiger partial charge in [0.05, 0.1) is 0 Å². The van der Waals surface area contributed by atoms with Crippen molar-refractivity contribution in [1.29, 1.82) is 0 Å². The monoisotopic (exact) mass is 476 g/mol. The average molecular weight is 477 g/mol. The molecule has 35 heavy (non-hydrogen) atoms. The second kappa shape index (κ2) is 9.39. The predicted molar refractivity (Wildman–Crippen MR) is 159 cm³/mol. The largest absolute Gasteiger partial charge is 0.0645 e. The van der Waals surface area contributed by atoms with Gasteiger partial charge in [-0.1, -0.05) is 141 Å². The fraction of sp³-hybridized carbons (Fsp3) is 0.657. The van der Waals surface area contributed by atoms with Gasteiger partial charge >= 0.3 is 0 Å². The van der Waals surface area contributed by atoms with Crippen molar-refractivity contribution in [1.82, 2.24) is 0 Å². The molecule has 196 valence electrons. The maximum Gasteiger partial charge on any atom is 0.00956 e. The van der Waals surface area contributed by atoms with E-state index in [2.05, 4.69) is 141 Å². The third-order valence-corrected chi connectivity index (χ3v) is 7.47. The van der Waals surface area contributed by atoms with Gasteiger partial charge in [-0.15, -0.1) is 0 Å². The molecule has 0 heteroatoms. The first-order chi connectivity index (χ1) is 15.5. The molecule has 0 nitrogen and oxygen atoms in total. The molecule has 0 saturated heterocycles. The van der Waals surface area contributed by atoms with E-state index in [4.69, 9.17) is 0 Å². The van der Waals surface area contributed by atoms with Crippen LogP contribution in [0.3, 0.4) is 0 Å². The van der Waals surface area contributed by atoms with E-state index in [-0.39, 0.29) is 27.1 Å². The maximum atomic E-state index is 2.51. The summed E-state index contributed by atoms with van der Waals surface area (Å²) in [5, 5.41) is 0. The lowest BCUT2D eigenvalue weighted by molar-refractivity contribution is 0.504. The lowest BCUT2D eigenvalue weighted by Gasteiger charge is -2.40. The summed E-state index contributed by atoms with van der Waals surface area (Å²) in [4.78, 5) is 0. The van der Waals surface area contributed by atoms with Gasteiger partial charge in [-0.25, -0.2) is 0 Å². The normalized spacial score (nSPS) is 14.9. The molecule has 0 aliphatic rings. The molecule has 0 aliphatic heterocycles. The van der Waals surface area contributed by atoms with Crippen molar-refractivity contribution in [2.24, 2.45) is 0 Å². The summed E-state index contributed by atoms with van der Waals surface area (Å²) in [5.74, 6) is 0.365. The van der Waals surface area contributed by atoms with Gasteiger partial charge in [0.2, 0.25) is 0 Å². The summed E-state index contributed by atoms with van der Waals surface area (Å²) in [6.45, 7) is 38.0. The minimum Gasteiger partial charge on any atom is -0.0645 e. The van der Waals surface area contributed by atoms with Crippen LogP contribution < -0.4 is 0 Å². The number of rotatable bonds is 3. The van der Waals surface area contributed by atoms with Crippen LogP contribution in [0.15, 0.2) is 30.3 Å². The standard InChI is InChI=1S/C35H56/c1-17-24(25-19-18-23(31(2,3)4)22-28(25)34(11,12)13)29-26(32(5,6)7)20-21-27(33(8,9)10)30(29)35(14,15)16/h18-22,24H,17H2,1-16H3. The highest BCUT2D eigenvalue weighted by Crippen LogP contribution is 2.48. The Kier molecular flexibility index (Phi) is 7.96. The molecule has 0 aromatic heterocycles. The SMILES string of the molecule is CCC(c1ccc(C(C)(C)C)cc1C(C)(C)C)c1c(C(C)(C)C)ccc(C(C)(C)C)c1C(C)(C)C. The van der Waals surface area contributed by atoms with Crippen molar-refractivity contribution in [2.45, 2.75) is 150 Å². The minimum absolute atomic E-state index is 0.0554. The summed E-state index contributed by atoms with van der Waals surface area (Å²) in [5.41, 5.74) is 11.0. The Labute approximate surface area is 219 Å². The quantitative estimate of drug-likeness (QED) is 0.413. The fourth-order valence-electron chi connectivity index (χ4n) is 5.62. The minimum atomic E-state index is 0.0554. The van der Waals surface area contributed by atoms with Crippen molar-refractivity contribution in [3.8, 4) is 0 Å². The average Bonchev–Trinajstić information content (AvgIpc) is 2.64. The molecule has 2 aromatic carbocycles. The van der Waals surface area contributed by atoms with Crippen LogP contribution >= 0.6 is 0 Å². The van der Waals surface area contributed by atoms with E-state index in [9.17, 15) is 0 Å². The molecule has 2 rings (SSSR count). The van der Waals surface area contributed by atoms with Crippen LogP contribution in [0.5, 0.6) is 0 Å². The zero-order valence-electron chi connectivity index (χ0n) is 26.2. The molecule has 0 heterocycles. The van der Waals surface area contributed by atoms with Crippen molar-refractivity contribution in [3.05, 3.63) is 69.3 Å². The third-order valence-electron chi connectivity index (χ3n) is 7.47. The molecule has 0 N–H and O–H groups in total. The van der Waals surface area contributed by atoms with Crippen LogP contribution in [0, 0.1) is 0 Å². The fourth-order valence-corrected chi connectivity index (χ4v) is 5.62. The van der Waals surface area contributed by atoms with Crippen LogP contribution in [0.25, 0.3) is 0 Å². The molecule has 2 aromatic rings. The van der Waals surface area contributed by atoms with Crippen molar-refractivity contribution < 1.29 is 0 Å². The summed E-state index contributed by atoms with van der Waals surface area (Å²) in [7, 11) is 0. The predicted octanol–water partition coefficient (Wildman–Crippen LogP) is 10.7. The molecule has 1 atom stereocenters. The van der Waals surface area contributed by atoms with Gasteiger partial charge in [-0.05, 0) is 72.4 Å². The van der Waals surface area contributed by atoms with Crippen LogP contribution in [0.2, 0.25) is 0 Å². The van der Waals surface area contributed by atoms with Gasteiger partial charge in [-0.3, -0.25) is 0 Å². The molecule has 0 spiro atoms. The van der Waals surface area contributed by atoms with Gasteiger partial charge < -0.3 is 0 Å². The first kappa shape index (κ1) is 29.7. The van der Waals surface area contributed by atoms with E-state index in [0.29, 0.717) is 5.92 Å². The van der Waals surface area contributed by atoms with Gasteiger partial charge in [0.1, 0.15) is 0 Å². The van der Waals surface area contributed by atoms with E-state index in [1.807, 2.05) is 0 Å². The maximum absolute atomic E-state index is 2.51. The van der Waals surface area contributed by atoms with Crippen LogP contribution in [-0.4, -0.2) is 0 Å². The van der Waals surface area contributed by atoms with E-state index < -0.39 is 0 Å². The lowest BCUT2D eigenvalue weighted by atomic mass is 9.65. The number of benzene rings is 2. The van der Waals surface area contributed by atoms with Crippen LogP contribution in [0.4, 0.5) is 0 Å². The van der Waals surface area contributed by atoms with Crippen molar-refractivity contribution in [2.75, 3.05) is 0 Å². The van der Waals surface area contributed by atoms with Gasteiger partial charge in [-0.2, -0.15) is 0 Å². The Morgan fingerprint density at radius 3 is 1.34 bits per heavy atom. The second-order valence-corrected chi connectivity index (χ2v) is 16.0. The molecular formula is C35H56. The Morgan fingerprint density at radius 1 is 0.514 bits per heavy atom. The van der Waals surface area contributed by atoms with Crippen molar-refractivity contribution in [3.63, 3.8) is 0 Å². The first-order valence-corrected chi connectivity index (χ1v) is 13.8. The molecular weight excluding hydrogens is 420 g/mol. The van der Waals surface area contributed by atoms with Crippen LogP contribution in [0.1, 0.15) is 162 Å². The highest BCUT2D eigenvalue weighted by molar-refractivity contribution is 5.56. The second-order valence-electron chi connectivity index (χ2n) is 16.0.